The highest BCUT2D eigenvalue weighted by molar-refractivity contribution is 7.25. The number of amides is 2. The number of para-hydroxylation sites is 2. The molecule has 10 aromatic rings. The Morgan fingerprint density at radius 2 is 0.880 bits per heavy atom. The average Bonchev–Trinajstić information content (AvgIpc) is 3.87. The van der Waals surface area contributed by atoms with Crippen LogP contribution < -0.4 is 4.90 Å². The fourth-order valence-corrected chi connectivity index (χ4v) is 9.12. The molecule has 0 unspecified atom stereocenters. The first-order valence-electron chi connectivity index (χ1n) is 16.6. The van der Waals surface area contributed by atoms with Crippen LogP contribution in [0.4, 0.5) is 5.69 Å². The molecule has 0 spiro atoms. The number of hydrogen-bond donors (Lipinski definition) is 0. The fraction of sp³-hybridized carbons (Fsp3) is 0. The van der Waals surface area contributed by atoms with Crippen LogP contribution in [0.5, 0.6) is 0 Å². The van der Waals surface area contributed by atoms with Crippen LogP contribution in [-0.4, -0.2) is 20.9 Å². The van der Waals surface area contributed by atoms with Gasteiger partial charge in [0.05, 0.1) is 38.9 Å². The number of imide groups is 1. The Morgan fingerprint density at radius 3 is 1.54 bits per heavy atom. The number of nitrogens with zero attached hydrogens (tertiary/aromatic N) is 3. The molecule has 234 valence electrons. The van der Waals surface area contributed by atoms with Gasteiger partial charge in [-0.05, 0) is 78.9 Å². The third kappa shape index (κ3) is 3.65. The molecule has 0 atom stereocenters. The lowest BCUT2D eigenvalue weighted by Crippen LogP contribution is -2.29. The van der Waals surface area contributed by atoms with Gasteiger partial charge in [-0.3, -0.25) is 9.59 Å². The molecule has 2 amide bonds. The number of benzene rings is 7. The molecule has 0 radical (unpaired) electrons. The zero-order chi connectivity index (χ0) is 33.1. The molecule has 0 aliphatic carbocycles. The lowest BCUT2D eigenvalue weighted by Gasteiger charge is -2.16. The van der Waals surface area contributed by atoms with Crippen molar-refractivity contribution in [3.05, 3.63) is 163 Å². The predicted molar refractivity (Wildman–Crippen MR) is 206 cm³/mol. The summed E-state index contributed by atoms with van der Waals surface area (Å²) in [5, 5.41) is 7.14. The van der Waals surface area contributed by atoms with Gasteiger partial charge in [0.2, 0.25) is 0 Å². The van der Waals surface area contributed by atoms with E-state index >= 15 is 0 Å². The van der Waals surface area contributed by atoms with Gasteiger partial charge in [0.15, 0.2) is 0 Å². The Kier molecular flexibility index (Phi) is 5.50. The molecule has 11 rings (SSSR count). The van der Waals surface area contributed by atoms with Gasteiger partial charge in [0.25, 0.3) is 11.8 Å². The van der Waals surface area contributed by atoms with Crippen LogP contribution in [0.15, 0.2) is 152 Å². The maximum atomic E-state index is 13.4. The molecule has 5 nitrogen and oxygen atoms in total. The van der Waals surface area contributed by atoms with Crippen LogP contribution in [0.25, 0.3) is 75.2 Å². The van der Waals surface area contributed by atoms with E-state index in [9.17, 15) is 9.59 Å². The van der Waals surface area contributed by atoms with Crippen LogP contribution in [0.1, 0.15) is 20.7 Å². The number of aromatic nitrogens is 2. The van der Waals surface area contributed by atoms with Gasteiger partial charge in [0, 0.05) is 53.1 Å². The Bertz CT molecular complexity index is 3070. The molecule has 4 heterocycles. The van der Waals surface area contributed by atoms with E-state index in [0.29, 0.717) is 16.8 Å². The van der Waals surface area contributed by atoms with Gasteiger partial charge in [0.1, 0.15) is 0 Å². The van der Waals surface area contributed by atoms with E-state index in [1.807, 2.05) is 35.6 Å². The Hall–Kier alpha value is -6.50. The second-order valence-corrected chi connectivity index (χ2v) is 14.0. The number of thiophene rings is 1. The predicted octanol–water partition coefficient (Wildman–Crippen LogP) is 11.0. The summed E-state index contributed by atoms with van der Waals surface area (Å²) in [6.07, 6.45) is 0. The minimum atomic E-state index is -0.298. The minimum absolute atomic E-state index is 0.298. The van der Waals surface area contributed by atoms with Gasteiger partial charge >= 0.3 is 0 Å². The highest BCUT2D eigenvalue weighted by Crippen LogP contribution is 2.42. The third-order valence-corrected chi connectivity index (χ3v) is 11.4. The van der Waals surface area contributed by atoms with Crippen molar-refractivity contribution < 1.29 is 9.59 Å². The number of carbonyl (C=O) groups excluding carboxylic acids is 2. The molecule has 50 heavy (non-hydrogen) atoms. The van der Waals surface area contributed by atoms with E-state index < -0.39 is 0 Å². The molecule has 3 aromatic heterocycles. The summed E-state index contributed by atoms with van der Waals surface area (Å²) in [4.78, 5) is 28.2. The van der Waals surface area contributed by atoms with Crippen LogP contribution in [0.2, 0.25) is 0 Å². The zero-order valence-corrected chi connectivity index (χ0v) is 27.3. The molecule has 0 N–H and O–H groups in total. The smallest absolute Gasteiger partial charge is 0.266 e. The second-order valence-electron chi connectivity index (χ2n) is 12.9. The number of carbonyl (C=O) groups is 2. The van der Waals surface area contributed by atoms with Gasteiger partial charge in [-0.2, -0.15) is 0 Å². The summed E-state index contributed by atoms with van der Waals surface area (Å²) in [5.41, 5.74) is 7.82. The maximum Gasteiger partial charge on any atom is 0.266 e. The van der Waals surface area contributed by atoms with Crippen molar-refractivity contribution in [2.24, 2.45) is 0 Å². The summed E-state index contributed by atoms with van der Waals surface area (Å²) in [7, 11) is 0. The highest BCUT2D eigenvalue weighted by atomic mass is 32.1. The molecule has 7 aromatic carbocycles. The van der Waals surface area contributed by atoms with Crippen LogP contribution >= 0.6 is 11.3 Å². The highest BCUT2D eigenvalue weighted by Gasteiger charge is 2.36. The molecule has 6 heteroatoms. The van der Waals surface area contributed by atoms with Crippen molar-refractivity contribution in [2.45, 2.75) is 0 Å². The van der Waals surface area contributed by atoms with Crippen molar-refractivity contribution in [3.63, 3.8) is 0 Å². The second kappa shape index (κ2) is 10.0. The summed E-state index contributed by atoms with van der Waals surface area (Å²) in [6, 6.07) is 51.9. The first-order chi connectivity index (χ1) is 24.6. The molecular weight excluding hydrogens is 635 g/mol. The van der Waals surface area contributed by atoms with Crippen molar-refractivity contribution in [3.8, 4) is 11.4 Å². The van der Waals surface area contributed by atoms with Crippen molar-refractivity contribution in [2.75, 3.05) is 4.90 Å². The molecule has 0 fully saturated rings. The van der Waals surface area contributed by atoms with Gasteiger partial charge < -0.3 is 9.13 Å². The molecule has 1 aliphatic heterocycles. The minimum Gasteiger partial charge on any atom is -0.309 e. The summed E-state index contributed by atoms with van der Waals surface area (Å²) < 4.78 is 7.22. The van der Waals surface area contributed by atoms with Crippen molar-refractivity contribution in [1.82, 2.24) is 9.13 Å². The van der Waals surface area contributed by atoms with Crippen LogP contribution in [0.3, 0.4) is 0 Å². The quantitative estimate of drug-likeness (QED) is 0.177. The van der Waals surface area contributed by atoms with Crippen molar-refractivity contribution in [1.29, 1.82) is 0 Å². The molecule has 0 saturated carbocycles. The number of hydrogen-bond acceptors (Lipinski definition) is 3. The zero-order valence-electron chi connectivity index (χ0n) is 26.5. The standard InChI is InChI=1S/C44H25N3O2S/c48-43-32-15-1-2-16-33(32)44(49)47(43)27-11-9-10-26(22-27)45-37-17-6-3-12-29(37)34-25-40-35(24-39(34)45)30-13-4-7-18-38(30)46(40)28-20-21-42-36(23-28)31-14-5-8-19-41(31)50-42/h1-25H. The molecule has 0 bridgehead atoms. The SMILES string of the molecule is O=C1c2ccccc2C(=O)N1c1cccc(-n2c3ccccc3c3cc4c(cc32)c2ccccc2n4-c2ccc3sc4ccccc4c3c2)c1. The normalized spacial score (nSPS) is 13.2. The van der Waals surface area contributed by atoms with Gasteiger partial charge in [-0.25, -0.2) is 4.90 Å². The van der Waals surface area contributed by atoms with E-state index in [4.69, 9.17) is 0 Å². The Labute approximate surface area is 289 Å². The summed E-state index contributed by atoms with van der Waals surface area (Å²) in [5.74, 6) is -0.596. The lowest BCUT2D eigenvalue weighted by molar-refractivity contribution is 0.0926. The van der Waals surface area contributed by atoms with E-state index in [1.54, 1.807) is 24.3 Å². The van der Waals surface area contributed by atoms with E-state index in [0.717, 1.165) is 49.6 Å². The van der Waals surface area contributed by atoms with Gasteiger partial charge in [-0.15, -0.1) is 11.3 Å². The third-order valence-electron chi connectivity index (χ3n) is 10.2. The average molecular weight is 660 g/mol. The first kappa shape index (κ1) is 27.5. The van der Waals surface area contributed by atoms with E-state index in [1.165, 1.54) is 30.5 Å². The number of anilines is 1. The monoisotopic (exact) mass is 659 g/mol. The molecule has 0 saturated heterocycles. The fourth-order valence-electron chi connectivity index (χ4n) is 8.04. The topological polar surface area (TPSA) is 47.2 Å². The van der Waals surface area contributed by atoms with E-state index in [-0.39, 0.29) is 11.8 Å². The maximum absolute atomic E-state index is 13.4. The number of rotatable bonds is 3. The number of fused-ring (bicyclic) bond motifs is 10. The largest absolute Gasteiger partial charge is 0.309 e. The van der Waals surface area contributed by atoms with Crippen molar-refractivity contribution >= 4 is 92.6 Å². The Balaban J connectivity index is 1.16. The molecule has 1 aliphatic rings. The molecular formula is C44H25N3O2S. The lowest BCUT2D eigenvalue weighted by atomic mass is 10.1. The summed E-state index contributed by atoms with van der Waals surface area (Å²) >= 11 is 1.83. The van der Waals surface area contributed by atoms with Crippen LogP contribution in [0, 0.1) is 0 Å². The van der Waals surface area contributed by atoms with Crippen LogP contribution in [-0.2, 0) is 0 Å². The first-order valence-corrected chi connectivity index (χ1v) is 17.4. The van der Waals surface area contributed by atoms with E-state index in [2.05, 4.69) is 112 Å². The van der Waals surface area contributed by atoms with Gasteiger partial charge in [-0.1, -0.05) is 72.8 Å². The Morgan fingerprint density at radius 1 is 0.360 bits per heavy atom. The summed E-state index contributed by atoms with van der Waals surface area (Å²) in [6.45, 7) is 0.